The lowest BCUT2D eigenvalue weighted by atomic mass is 10.1. The van der Waals surface area contributed by atoms with Gasteiger partial charge in [-0.25, -0.2) is 4.98 Å². The third-order valence-electron chi connectivity index (χ3n) is 3.55. The lowest BCUT2D eigenvalue weighted by Crippen LogP contribution is -2.14. The van der Waals surface area contributed by atoms with Gasteiger partial charge in [0.05, 0.1) is 5.52 Å². The number of hydrogen-bond donors (Lipinski definition) is 0. The quantitative estimate of drug-likeness (QED) is 0.607. The van der Waals surface area contributed by atoms with E-state index < -0.39 is 0 Å². The molecule has 0 aliphatic rings. The van der Waals surface area contributed by atoms with Crippen molar-refractivity contribution in [1.29, 1.82) is 0 Å². The van der Waals surface area contributed by atoms with Gasteiger partial charge in [-0.1, -0.05) is 48.5 Å². The molecule has 0 fully saturated rings. The minimum atomic E-state index is 0. The molecule has 0 radical (unpaired) electrons. The van der Waals surface area contributed by atoms with E-state index in [1.54, 1.807) is 0 Å². The Bertz CT molecular complexity index is 760. The molecule has 120 valence electrons. The van der Waals surface area contributed by atoms with Gasteiger partial charge in [0, 0.05) is 23.2 Å². The van der Waals surface area contributed by atoms with Crippen molar-refractivity contribution in [2.45, 2.75) is 5.03 Å². The van der Waals surface area contributed by atoms with Crippen molar-refractivity contribution in [3.8, 4) is 11.1 Å². The number of fused-ring (bicyclic) bond motifs is 1. The highest BCUT2D eigenvalue weighted by atomic mass is 35.5. The third kappa shape index (κ3) is 4.47. The first-order chi connectivity index (χ1) is 10.7. The SMILES string of the molecule is CN(C)CCSc1nc2ccccc2cc1-c1ccccc1.Cl. The molecule has 2 nitrogen and oxygen atoms in total. The zero-order chi connectivity index (χ0) is 15.4. The third-order valence-corrected chi connectivity index (χ3v) is 4.52. The van der Waals surface area contributed by atoms with Crippen LogP contribution in [0.4, 0.5) is 0 Å². The van der Waals surface area contributed by atoms with Gasteiger partial charge in [0.15, 0.2) is 0 Å². The lowest BCUT2D eigenvalue weighted by Gasteiger charge is -2.12. The van der Waals surface area contributed by atoms with E-state index in [9.17, 15) is 0 Å². The molecule has 0 amide bonds. The second-order valence-corrected chi connectivity index (χ2v) is 6.64. The molecule has 2 aromatic carbocycles. The average Bonchev–Trinajstić information content (AvgIpc) is 2.54. The van der Waals surface area contributed by atoms with Crippen molar-refractivity contribution in [3.63, 3.8) is 0 Å². The van der Waals surface area contributed by atoms with Gasteiger partial charge in [-0.05, 0) is 31.8 Å². The average molecular weight is 345 g/mol. The second kappa shape index (κ2) is 8.34. The minimum absolute atomic E-state index is 0. The highest BCUT2D eigenvalue weighted by molar-refractivity contribution is 7.99. The number of pyridine rings is 1. The van der Waals surface area contributed by atoms with Gasteiger partial charge in [-0.3, -0.25) is 0 Å². The summed E-state index contributed by atoms with van der Waals surface area (Å²) in [7, 11) is 4.21. The largest absolute Gasteiger partial charge is 0.309 e. The van der Waals surface area contributed by atoms with Crippen LogP contribution in [0.2, 0.25) is 0 Å². The Morgan fingerprint density at radius 1 is 0.957 bits per heavy atom. The first-order valence-corrected chi connectivity index (χ1v) is 8.45. The summed E-state index contributed by atoms with van der Waals surface area (Å²) in [5.41, 5.74) is 3.52. The zero-order valence-electron chi connectivity index (χ0n) is 13.4. The molecular weight excluding hydrogens is 324 g/mol. The summed E-state index contributed by atoms with van der Waals surface area (Å²) in [6.45, 7) is 1.05. The van der Waals surface area contributed by atoms with E-state index in [0.29, 0.717) is 0 Å². The molecule has 0 aliphatic carbocycles. The van der Waals surface area contributed by atoms with E-state index >= 15 is 0 Å². The first-order valence-electron chi connectivity index (χ1n) is 7.47. The number of rotatable bonds is 5. The van der Waals surface area contributed by atoms with E-state index in [-0.39, 0.29) is 12.4 Å². The summed E-state index contributed by atoms with van der Waals surface area (Å²) in [6, 6.07) is 21.1. The van der Waals surface area contributed by atoms with Crippen LogP contribution in [0.15, 0.2) is 65.7 Å². The Morgan fingerprint density at radius 3 is 2.39 bits per heavy atom. The maximum atomic E-state index is 4.89. The monoisotopic (exact) mass is 344 g/mol. The standard InChI is InChI=1S/C19H20N2S.ClH/c1-21(2)12-13-22-19-17(15-8-4-3-5-9-15)14-16-10-6-7-11-18(16)20-19;/h3-11,14H,12-13H2,1-2H3;1H. The maximum Gasteiger partial charge on any atom is 0.105 e. The van der Waals surface area contributed by atoms with Crippen molar-refractivity contribution in [2.75, 3.05) is 26.4 Å². The number of para-hydroxylation sites is 1. The molecule has 3 aromatic rings. The molecular formula is C19H21ClN2S. The van der Waals surface area contributed by atoms with E-state index in [0.717, 1.165) is 22.8 Å². The van der Waals surface area contributed by atoms with Crippen LogP contribution >= 0.6 is 24.2 Å². The Balaban J connectivity index is 0.00000192. The topological polar surface area (TPSA) is 16.1 Å². The second-order valence-electron chi connectivity index (χ2n) is 5.55. The normalized spacial score (nSPS) is 10.7. The fourth-order valence-electron chi connectivity index (χ4n) is 2.36. The van der Waals surface area contributed by atoms with Crippen LogP contribution < -0.4 is 0 Å². The number of hydrogen-bond acceptors (Lipinski definition) is 3. The first kappa shape index (κ1) is 17.8. The summed E-state index contributed by atoms with van der Waals surface area (Å²) in [5, 5.41) is 2.31. The highest BCUT2D eigenvalue weighted by Crippen LogP contribution is 2.32. The molecule has 1 heterocycles. The van der Waals surface area contributed by atoms with Crippen LogP contribution in [0.1, 0.15) is 0 Å². The van der Waals surface area contributed by atoms with Gasteiger partial charge >= 0.3 is 0 Å². The maximum absolute atomic E-state index is 4.89. The van der Waals surface area contributed by atoms with Crippen LogP contribution in [0, 0.1) is 0 Å². The summed E-state index contributed by atoms with van der Waals surface area (Å²) in [4.78, 5) is 7.10. The van der Waals surface area contributed by atoms with Crippen molar-refractivity contribution >= 4 is 35.1 Å². The number of halogens is 1. The van der Waals surface area contributed by atoms with E-state index in [1.807, 2.05) is 17.8 Å². The fraction of sp³-hybridized carbons (Fsp3) is 0.211. The van der Waals surface area contributed by atoms with Crippen LogP contribution in [-0.4, -0.2) is 36.3 Å². The summed E-state index contributed by atoms with van der Waals surface area (Å²) >= 11 is 1.83. The predicted octanol–water partition coefficient (Wildman–Crippen LogP) is 4.98. The Hall–Kier alpha value is -1.55. The Labute approximate surface area is 148 Å². The number of nitrogens with zero attached hydrogens (tertiary/aromatic N) is 2. The molecule has 23 heavy (non-hydrogen) atoms. The number of aromatic nitrogens is 1. The van der Waals surface area contributed by atoms with Crippen LogP contribution in [0.5, 0.6) is 0 Å². The van der Waals surface area contributed by atoms with Crippen molar-refractivity contribution in [3.05, 3.63) is 60.7 Å². The van der Waals surface area contributed by atoms with Crippen molar-refractivity contribution in [1.82, 2.24) is 9.88 Å². The van der Waals surface area contributed by atoms with Gasteiger partial charge in [0.25, 0.3) is 0 Å². The molecule has 4 heteroatoms. The van der Waals surface area contributed by atoms with Crippen LogP contribution in [-0.2, 0) is 0 Å². The van der Waals surface area contributed by atoms with Gasteiger partial charge in [-0.15, -0.1) is 24.2 Å². The molecule has 0 bridgehead atoms. The Morgan fingerprint density at radius 2 is 1.65 bits per heavy atom. The van der Waals surface area contributed by atoms with E-state index in [1.165, 1.54) is 16.5 Å². The number of thioether (sulfide) groups is 1. The molecule has 1 aromatic heterocycles. The predicted molar refractivity (Wildman–Crippen MR) is 104 cm³/mol. The Kier molecular flexibility index (Phi) is 6.46. The van der Waals surface area contributed by atoms with Gasteiger partial charge < -0.3 is 4.90 Å². The summed E-state index contributed by atoms with van der Waals surface area (Å²) in [6.07, 6.45) is 0. The molecule has 0 spiro atoms. The summed E-state index contributed by atoms with van der Waals surface area (Å²) < 4.78 is 0. The molecule has 0 unspecified atom stereocenters. The minimum Gasteiger partial charge on any atom is -0.309 e. The fourth-order valence-corrected chi connectivity index (χ4v) is 3.50. The van der Waals surface area contributed by atoms with Crippen LogP contribution in [0.25, 0.3) is 22.0 Å². The molecule has 0 N–H and O–H groups in total. The number of benzene rings is 2. The van der Waals surface area contributed by atoms with Crippen molar-refractivity contribution < 1.29 is 0 Å². The molecule has 3 rings (SSSR count). The zero-order valence-corrected chi connectivity index (χ0v) is 15.0. The van der Waals surface area contributed by atoms with Gasteiger partial charge in [-0.2, -0.15) is 0 Å². The molecule has 0 saturated heterocycles. The molecule has 0 saturated carbocycles. The van der Waals surface area contributed by atoms with Crippen LogP contribution in [0.3, 0.4) is 0 Å². The van der Waals surface area contributed by atoms with E-state index in [2.05, 4.69) is 73.6 Å². The highest BCUT2D eigenvalue weighted by Gasteiger charge is 2.09. The lowest BCUT2D eigenvalue weighted by molar-refractivity contribution is 0.437. The van der Waals surface area contributed by atoms with Gasteiger partial charge in [0.1, 0.15) is 5.03 Å². The van der Waals surface area contributed by atoms with E-state index in [4.69, 9.17) is 4.98 Å². The molecule has 0 atom stereocenters. The molecule has 0 aliphatic heterocycles. The van der Waals surface area contributed by atoms with Gasteiger partial charge in [0.2, 0.25) is 0 Å². The van der Waals surface area contributed by atoms with Crippen molar-refractivity contribution in [2.24, 2.45) is 0 Å². The smallest absolute Gasteiger partial charge is 0.105 e. The summed E-state index contributed by atoms with van der Waals surface area (Å²) in [5.74, 6) is 1.04.